The van der Waals surface area contributed by atoms with Crippen molar-refractivity contribution in [3.63, 3.8) is 0 Å². The molecule has 1 aromatic heterocycles. The second-order valence-electron chi connectivity index (χ2n) is 6.94. The monoisotopic (exact) mass is 306 g/mol. The molecule has 0 aromatic carbocycles. The number of hydrogen-bond acceptors (Lipinski definition) is 3. The highest BCUT2D eigenvalue weighted by Gasteiger charge is 2.28. The van der Waals surface area contributed by atoms with E-state index in [0.29, 0.717) is 6.04 Å². The number of nitrogens with one attached hydrogen (secondary N) is 1. The Labute approximate surface area is 133 Å². The lowest BCUT2D eigenvalue weighted by molar-refractivity contribution is 0.169. The largest absolute Gasteiger partial charge is 0.312 e. The molecule has 0 bridgehead atoms. The Hall–Kier alpha value is -0.380. The van der Waals surface area contributed by atoms with Gasteiger partial charge < -0.3 is 5.32 Å². The van der Waals surface area contributed by atoms with Crippen molar-refractivity contribution in [3.8, 4) is 0 Å². The van der Waals surface area contributed by atoms with Crippen LogP contribution in [-0.4, -0.2) is 36.6 Å². The molecule has 1 aliphatic heterocycles. The lowest BCUT2D eigenvalue weighted by Gasteiger charge is -2.35. The normalized spacial score (nSPS) is 27.4. The SMILES string of the molecule is CC(Cc1cccs1)N1CCCNC(C2CCCCC2)C1. The van der Waals surface area contributed by atoms with Crippen LogP contribution in [0.2, 0.25) is 0 Å². The standard InChI is InChI=1S/C18H30N2S/c1-15(13-17-9-5-12-21-17)20-11-6-10-19-18(14-20)16-7-3-2-4-8-16/h5,9,12,15-16,18-19H,2-4,6-8,10-11,13-14H2,1H3. The Bertz CT molecular complexity index is 397. The molecule has 2 nitrogen and oxygen atoms in total. The Morgan fingerprint density at radius 1 is 1.29 bits per heavy atom. The smallest absolute Gasteiger partial charge is 0.0223 e. The van der Waals surface area contributed by atoms with Gasteiger partial charge >= 0.3 is 0 Å². The summed E-state index contributed by atoms with van der Waals surface area (Å²) < 4.78 is 0. The van der Waals surface area contributed by atoms with E-state index < -0.39 is 0 Å². The van der Waals surface area contributed by atoms with E-state index in [1.165, 1.54) is 69.5 Å². The average Bonchev–Trinajstić information content (AvgIpc) is 2.89. The minimum absolute atomic E-state index is 0.676. The van der Waals surface area contributed by atoms with Crippen molar-refractivity contribution in [2.24, 2.45) is 5.92 Å². The van der Waals surface area contributed by atoms with Crippen LogP contribution in [0.4, 0.5) is 0 Å². The molecule has 3 rings (SSSR count). The lowest BCUT2D eigenvalue weighted by Crippen LogP contribution is -2.46. The highest BCUT2D eigenvalue weighted by Crippen LogP contribution is 2.28. The summed E-state index contributed by atoms with van der Waals surface area (Å²) >= 11 is 1.91. The van der Waals surface area contributed by atoms with Crippen LogP contribution < -0.4 is 5.32 Å². The van der Waals surface area contributed by atoms with Gasteiger partial charge in [0.25, 0.3) is 0 Å². The topological polar surface area (TPSA) is 15.3 Å². The minimum atomic E-state index is 0.676. The summed E-state index contributed by atoms with van der Waals surface area (Å²) in [6, 6.07) is 5.88. The Balaban J connectivity index is 1.58. The maximum atomic E-state index is 3.86. The molecule has 1 saturated carbocycles. The predicted molar refractivity (Wildman–Crippen MR) is 92.0 cm³/mol. The number of nitrogens with zero attached hydrogens (tertiary/aromatic N) is 1. The van der Waals surface area contributed by atoms with Crippen molar-refractivity contribution in [2.75, 3.05) is 19.6 Å². The van der Waals surface area contributed by atoms with E-state index >= 15 is 0 Å². The highest BCUT2D eigenvalue weighted by atomic mass is 32.1. The zero-order valence-electron chi connectivity index (χ0n) is 13.4. The molecule has 1 aliphatic carbocycles. The third kappa shape index (κ3) is 4.30. The molecule has 2 heterocycles. The molecule has 21 heavy (non-hydrogen) atoms. The van der Waals surface area contributed by atoms with Crippen molar-refractivity contribution in [1.29, 1.82) is 0 Å². The summed E-state index contributed by atoms with van der Waals surface area (Å²) in [6.07, 6.45) is 9.78. The average molecular weight is 307 g/mol. The van der Waals surface area contributed by atoms with Crippen molar-refractivity contribution < 1.29 is 0 Å². The van der Waals surface area contributed by atoms with E-state index in [1.54, 1.807) is 0 Å². The van der Waals surface area contributed by atoms with E-state index in [1.807, 2.05) is 11.3 Å². The Morgan fingerprint density at radius 2 is 2.14 bits per heavy atom. The zero-order chi connectivity index (χ0) is 14.5. The van der Waals surface area contributed by atoms with Crippen LogP contribution in [0.5, 0.6) is 0 Å². The molecule has 118 valence electrons. The van der Waals surface area contributed by atoms with Gasteiger partial charge in [0.1, 0.15) is 0 Å². The van der Waals surface area contributed by atoms with Crippen LogP contribution in [-0.2, 0) is 6.42 Å². The van der Waals surface area contributed by atoms with E-state index in [-0.39, 0.29) is 0 Å². The van der Waals surface area contributed by atoms with Crippen LogP contribution in [0.3, 0.4) is 0 Å². The molecule has 2 aliphatic rings. The molecule has 1 N–H and O–H groups in total. The zero-order valence-corrected chi connectivity index (χ0v) is 14.2. The van der Waals surface area contributed by atoms with Crippen molar-refractivity contribution in [2.45, 2.75) is 64.0 Å². The molecule has 3 heteroatoms. The van der Waals surface area contributed by atoms with Gasteiger partial charge in [-0.1, -0.05) is 25.3 Å². The van der Waals surface area contributed by atoms with Gasteiger partial charge in [-0.25, -0.2) is 0 Å². The second kappa shape index (κ2) is 7.75. The maximum Gasteiger partial charge on any atom is 0.0223 e. The van der Waals surface area contributed by atoms with E-state index in [2.05, 4.69) is 34.7 Å². The van der Waals surface area contributed by atoms with Gasteiger partial charge in [-0.05, 0) is 63.1 Å². The first-order valence-electron chi connectivity index (χ1n) is 8.83. The van der Waals surface area contributed by atoms with Gasteiger partial charge in [0.2, 0.25) is 0 Å². The summed E-state index contributed by atoms with van der Waals surface area (Å²) in [7, 11) is 0. The van der Waals surface area contributed by atoms with Crippen LogP contribution in [0.25, 0.3) is 0 Å². The molecule has 1 saturated heterocycles. The van der Waals surface area contributed by atoms with Crippen molar-refractivity contribution in [1.82, 2.24) is 10.2 Å². The number of thiophene rings is 1. The fourth-order valence-electron chi connectivity index (χ4n) is 4.08. The first kappa shape index (κ1) is 15.5. The van der Waals surface area contributed by atoms with Crippen LogP contribution >= 0.6 is 11.3 Å². The van der Waals surface area contributed by atoms with Gasteiger partial charge in [-0.2, -0.15) is 0 Å². The molecular weight excluding hydrogens is 276 g/mol. The van der Waals surface area contributed by atoms with Gasteiger partial charge in [0.15, 0.2) is 0 Å². The van der Waals surface area contributed by atoms with E-state index in [0.717, 1.165) is 12.0 Å². The molecule has 2 fully saturated rings. The molecule has 0 amide bonds. The summed E-state index contributed by atoms with van der Waals surface area (Å²) in [5.41, 5.74) is 0. The molecule has 0 spiro atoms. The Kier molecular flexibility index (Phi) is 5.73. The summed E-state index contributed by atoms with van der Waals surface area (Å²) in [6.45, 7) is 6.16. The van der Waals surface area contributed by atoms with Crippen molar-refractivity contribution in [3.05, 3.63) is 22.4 Å². The first-order valence-corrected chi connectivity index (χ1v) is 9.70. The quantitative estimate of drug-likeness (QED) is 0.907. The highest BCUT2D eigenvalue weighted by molar-refractivity contribution is 7.09. The van der Waals surface area contributed by atoms with Gasteiger partial charge in [0, 0.05) is 23.5 Å². The summed E-state index contributed by atoms with van der Waals surface area (Å²) in [4.78, 5) is 4.29. The van der Waals surface area contributed by atoms with Crippen LogP contribution in [0.15, 0.2) is 17.5 Å². The third-order valence-electron chi connectivity index (χ3n) is 5.38. The molecule has 2 unspecified atom stereocenters. The lowest BCUT2D eigenvalue weighted by atomic mass is 9.83. The fraction of sp³-hybridized carbons (Fsp3) is 0.778. The summed E-state index contributed by atoms with van der Waals surface area (Å²) in [5.74, 6) is 0.924. The van der Waals surface area contributed by atoms with Crippen LogP contribution in [0, 0.1) is 5.92 Å². The molecule has 1 aromatic rings. The fourth-order valence-corrected chi connectivity index (χ4v) is 4.91. The van der Waals surface area contributed by atoms with Crippen LogP contribution in [0.1, 0.15) is 50.3 Å². The Morgan fingerprint density at radius 3 is 2.90 bits per heavy atom. The number of rotatable bonds is 4. The number of hydrogen-bond donors (Lipinski definition) is 1. The first-order chi connectivity index (χ1) is 10.3. The summed E-state index contributed by atoms with van der Waals surface area (Å²) in [5, 5.41) is 6.06. The van der Waals surface area contributed by atoms with E-state index in [4.69, 9.17) is 0 Å². The van der Waals surface area contributed by atoms with Crippen molar-refractivity contribution >= 4 is 11.3 Å². The van der Waals surface area contributed by atoms with E-state index in [9.17, 15) is 0 Å². The molecule has 0 radical (unpaired) electrons. The van der Waals surface area contributed by atoms with Gasteiger partial charge in [-0.15, -0.1) is 11.3 Å². The maximum absolute atomic E-state index is 3.86. The second-order valence-corrected chi connectivity index (χ2v) is 7.97. The minimum Gasteiger partial charge on any atom is -0.312 e. The van der Waals surface area contributed by atoms with Gasteiger partial charge in [-0.3, -0.25) is 4.90 Å². The van der Waals surface area contributed by atoms with Gasteiger partial charge in [0.05, 0.1) is 0 Å². The third-order valence-corrected chi connectivity index (χ3v) is 6.28. The predicted octanol–water partition coefficient (Wildman–Crippen LogP) is 3.92. The molecule has 2 atom stereocenters. The molecular formula is C18H30N2S.